The predicted octanol–water partition coefficient (Wildman–Crippen LogP) is 4.42. The summed E-state index contributed by atoms with van der Waals surface area (Å²) < 4.78 is 28.7. The second-order valence-corrected chi connectivity index (χ2v) is 11.0. The lowest BCUT2D eigenvalue weighted by atomic mass is 9.98. The number of amides is 1. The third-order valence-electron chi connectivity index (χ3n) is 6.17. The summed E-state index contributed by atoms with van der Waals surface area (Å²) >= 11 is 1.47. The number of thioether (sulfide) groups is 1. The summed E-state index contributed by atoms with van der Waals surface area (Å²) in [5.74, 6) is 0.552. The standard InChI is InChI=1S/C23H28N2O3S2/c1-16-10-12-24(13-11-16)23(26)20-15-19(8-9-22(20)29-3)30(27,28)25-17(2)14-18-6-4-5-7-21(18)25/h4-9,15-17H,10-14H2,1-3H3/t17-/m1/s1. The summed E-state index contributed by atoms with van der Waals surface area (Å²) in [6.45, 7) is 5.58. The van der Waals surface area contributed by atoms with E-state index in [9.17, 15) is 13.2 Å². The molecule has 1 fully saturated rings. The fourth-order valence-electron chi connectivity index (χ4n) is 4.41. The monoisotopic (exact) mass is 444 g/mol. The van der Waals surface area contributed by atoms with Crippen LogP contribution in [0.15, 0.2) is 52.3 Å². The van der Waals surface area contributed by atoms with Crippen LogP contribution in [0.5, 0.6) is 0 Å². The molecule has 0 bridgehead atoms. The lowest BCUT2D eigenvalue weighted by molar-refractivity contribution is 0.0693. The molecule has 30 heavy (non-hydrogen) atoms. The highest BCUT2D eigenvalue weighted by atomic mass is 32.2. The Morgan fingerprint density at radius 2 is 1.77 bits per heavy atom. The highest BCUT2D eigenvalue weighted by Gasteiger charge is 2.36. The van der Waals surface area contributed by atoms with Crippen molar-refractivity contribution in [3.05, 3.63) is 53.6 Å². The molecule has 0 spiro atoms. The first-order chi connectivity index (χ1) is 14.3. The fourth-order valence-corrected chi connectivity index (χ4v) is 6.70. The van der Waals surface area contributed by atoms with Crippen LogP contribution in [-0.2, 0) is 16.4 Å². The van der Waals surface area contributed by atoms with Gasteiger partial charge in [0.2, 0.25) is 0 Å². The van der Waals surface area contributed by atoms with Crippen LogP contribution in [0, 0.1) is 5.92 Å². The number of anilines is 1. The van der Waals surface area contributed by atoms with Gasteiger partial charge in [0.25, 0.3) is 15.9 Å². The van der Waals surface area contributed by atoms with Crippen molar-refractivity contribution in [3.63, 3.8) is 0 Å². The van der Waals surface area contributed by atoms with Crippen LogP contribution in [0.4, 0.5) is 5.69 Å². The zero-order chi connectivity index (χ0) is 21.5. The third kappa shape index (κ3) is 3.73. The molecule has 1 atom stereocenters. The number of hydrogen-bond donors (Lipinski definition) is 0. The second kappa shape index (κ2) is 8.27. The molecule has 0 unspecified atom stereocenters. The van der Waals surface area contributed by atoms with E-state index in [1.54, 1.807) is 18.2 Å². The Labute approximate surface area is 183 Å². The van der Waals surface area contributed by atoms with Crippen LogP contribution in [0.3, 0.4) is 0 Å². The molecule has 7 heteroatoms. The molecule has 160 valence electrons. The van der Waals surface area contributed by atoms with Crippen LogP contribution in [-0.4, -0.2) is 44.6 Å². The molecule has 0 saturated carbocycles. The number of sulfonamides is 1. The van der Waals surface area contributed by atoms with Crippen LogP contribution < -0.4 is 4.31 Å². The number of carbonyl (C=O) groups is 1. The van der Waals surface area contributed by atoms with E-state index in [4.69, 9.17) is 0 Å². The first-order valence-corrected chi connectivity index (χ1v) is 13.1. The summed E-state index contributed by atoms with van der Waals surface area (Å²) in [6.07, 6.45) is 4.58. The minimum atomic E-state index is -3.77. The minimum Gasteiger partial charge on any atom is -0.339 e. The Morgan fingerprint density at radius 3 is 2.47 bits per heavy atom. The number of nitrogens with zero attached hydrogens (tertiary/aromatic N) is 2. The van der Waals surface area contributed by atoms with E-state index in [1.165, 1.54) is 16.1 Å². The van der Waals surface area contributed by atoms with Crippen LogP contribution in [0.2, 0.25) is 0 Å². The summed E-state index contributed by atoms with van der Waals surface area (Å²) in [4.78, 5) is 16.1. The van der Waals surface area contributed by atoms with Crippen LogP contribution >= 0.6 is 11.8 Å². The van der Waals surface area contributed by atoms with E-state index in [1.807, 2.05) is 42.3 Å². The number of fused-ring (bicyclic) bond motifs is 1. The fraction of sp³-hybridized carbons (Fsp3) is 0.435. The average Bonchev–Trinajstić information content (AvgIpc) is 3.09. The molecule has 2 heterocycles. The lowest BCUT2D eigenvalue weighted by Gasteiger charge is -2.31. The van der Waals surface area contributed by atoms with Crippen molar-refractivity contribution >= 4 is 33.4 Å². The van der Waals surface area contributed by atoms with Crippen molar-refractivity contribution in [2.75, 3.05) is 23.7 Å². The topological polar surface area (TPSA) is 57.7 Å². The maximum Gasteiger partial charge on any atom is 0.264 e. The number of para-hydroxylation sites is 1. The Kier molecular flexibility index (Phi) is 5.86. The summed E-state index contributed by atoms with van der Waals surface area (Å²) in [5, 5.41) is 0. The quantitative estimate of drug-likeness (QED) is 0.655. The van der Waals surface area contributed by atoms with E-state index in [-0.39, 0.29) is 16.8 Å². The highest BCUT2D eigenvalue weighted by molar-refractivity contribution is 7.98. The Balaban J connectivity index is 1.71. The molecule has 2 aromatic carbocycles. The van der Waals surface area contributed by atoms with Gasteiger partial charge < -0.3 is 4.90 Å². The smallest absolute Gasteiger partial charge is 0.264 e. The average molecular weight is 445 g/mol. The predicted molar refractivity (Wildman–Crippen MR) is 122 cm³/mol. The van der Waals surface area contributed by atoms with Crippen molar-refractivity contribution < 1.29 is 13.2 Å². The van der Waals surface area contributed by atoms with Gasteiger partial charge >= 0.3 is 0 Å². The van der Waals surface area contributed by atoms with Crippen molar-refractivity contribution in [3.8, 4) is 0 Å². The molecule has 2 aromatic rings. The number of likely N-dealkylation sites (tertiary alicyclic amines) is 1. The molecule has 0 radical (unpaired) electrons. The van der Waals surface area contributed by atoms with Gasteiger partial charge in [-0.25, -0.2) is 8.42 Å². The summed E-state index contributed by atoms with van der Waals surface area (Å²) in [7, 11) is -3.77. The number of rotatable bonds is 4. The second-order valence-electron chi connectivity index (χ2n) is 8.32. The van der Waals surface area contributed by atoms with Gasteiger partial charge in [-0.3, -0.25) is 9.10 Å². The highest BCUT2D eigenvalue weighted by Crippen LogP contribution is 2.37. The van der Waals surface area contributed by atoms with Crippen molar-refractivity contribution in [1.82, 2.24) is 4.90 Å². The Morgan fingerprint density at radius 1 is 1.07 bits per heavy atom. The van der Waals surface area contributed by atoms with Gasteiger partial charge in [0, 0.05) is 24.0 Å². The molecule has 5 nitrogen and oxygen atoms in total. The zero-order valence-electron chi connectivity index (χ0n) is 17.7. The summed E-state index contributed by atoms with van der Waals surface area (Å²) in [6, 6.07) is 12.4. The molecule has 2 aliphatic rings. The van der Waals surface area contributed by atoms with Crippen LogP contribution in [0.25, 0.3) is 0 Å². The molecule has 4 rings (SSSR count). The van der Waals surface area contributed by atoms with Crippen molar-refractivity contribution in [2.24, 2.45) is 5.92 Å². The summed E-state index contributed by atoms with van der Waals surface area (Å²) in [5.41, 5.74) is 2.25. The molecule has 1 amide bonds. The van der Waals surface area contributed by atoms with Gasteiger partial charge in [0.05, 0.1) is 16.1 Å². The first-order valence-electron chi connectivity index (χ1n) is 10.4. The molecule has 2 aliphatic heterocycles. The third-order valence-corrected chi connectivity index (χ3v) is 8.89. The molecule has 1 saturated heterocycles. The zero-order valence-corrected chi connectivity index (χ0v) is 19.3. The Bertz CT molecular complexity index is 1060. The van der Waals surface area contributed by atoms with E-state index in [2.05, 4.69) is 6.92 Å². The van der Waals surface area contributed by atoms with Gasteiger partial charge in [0.1, 0.15) is 0 Å². The van der Waals surface area contributed by atoms with Gasteiger partial charge in [-0.15, -0.1) is 11.8 Å². The van der Waals surface area contributed by atoms with Crippen molar-refractivity contribution in [2.45, 2.75) is 48.9 Å². The number of benzene rings is 2. The van der Waals surface area contributed by atoms with Gasteiger partial charge in [0.15, 0.2) is 0 Å². The van der Waals surface area contributed by atoms with E-state index < -0.39 is 10.0 Å². The number of carbonyl (C=O) groups excluding carboxylic acids is 1. The van der Waals surface area contributed by atoms with Crippen molar-refractivity contribution in [1.29, 1.82) is 0 Å². The van der Waals surface area contributed by atoms with E-state index in [0.717, 1.165) is 42.1 Å². The van der Waals surface area contributed by atoms with E-state index in [0.29, 0.717) is 17.9 Å². The minimum absolute atomic E-state index is 0.0711. The van der Waals surface area contributed by atoms with Gasteiger partial charge in [-0.1, -0.05) is 25.1 Å². The molecule has 0 aliphatic carbocycles. The molecular weight excluding hydrogens is 416 g/mol. The first kappa shape index (κ1) is 21.2. The molecule has 0 aromatic heterocycles. The van der Waals surface area contributed by atoms with Gasteiger partial charge in [-0.2, -0.15) is 0 Å². The maximum atomic E-state index is 13.6. The molecule has 0 N–H and O–H groups in total. The lowest BCUT2D eigenvalue weighted by Crippen LogP contribution is -2.38. The van der Waals surface area contributed by atoms with E-state index >= 15 is 0 Å². The number of piperidine rings is 1. The van der Waals surface area contributed by atoms with Gasteiger partial charge in [-0.05, 0) is 68.2 Å². The largest absolute Gasteiger partial charge is 0.339 e. The molecular formula is C23H28N2O3S2. The normalized spacial score (nSPS) is 19.8. The van der Waals surface area contributed by atoms with Crippen LogP contribution in [0.1, 0.15) is 42.6 Å². The number of hydrogen-bond acceptors (Lipinski definition) is 4. The SMILES string of the molecule is CSc1ccc(S(=O)(=O)N2c3ccccc3C[C@H]2C)cc1C(=O)N1CCC(C)CC1. The Hall–Kier alpha value is -1.99. The maximum absolute atomic E-state index is 13.6.